The van der Waals surface area contributed by atoms with Crippen molar-refractivity contribution in [2.24, 2.45) is 5.11 Å². The normalized spacial score (nSPS) is 13.4. The van der Waals surface area contributed by atoms with E-state index in [4.69, 9.17) is 5.53 Å². The molecule has 0 saturated heterocycles. The third-order valence-electron chi connectivity index (χ3n) is 3.14. The monoisotopic (exact) mass is 262 g/mol. The lowest BCUT2D eigenvalue weighted by Crippen LogP contribution is -2.49. The first-order valence-electron chi connectivity index (χ1n) is 6.13. The first kappa shape index (κ1) is 15.0. The molecule has 0 bridgehead atoms. The average molecular weight is 262 g/mol. The summed E-state index contributed by atoms with van der Waals surface area (Å²) in [5.74, 6) is -0.931. The molecule has 2 N–H and O–H groups in total. The van der Waals surface area contributed by atoms with E-state index in [-0.39, 0.29) is 6.54 Å². The SMILES string of the molecule is CCC(NCCN=[N+]=[N-])(C(=O)O)c1ccc(C)cc1. The van der Waals surface area contributed by atoms with Gasteiger partial charge in [0, 0.05) is 18.0 Å². The number of aliphatic carboxylic acids is 1. The molecular formula is C13H18N4O2. The van der Waals surface area contributed by atoms with E-state index < -0.39 is 11.5 Å². The molecule has 1 atom stereocenters. The van der Waals surface area contributed by atoms with Crippen LogP contribution in [0.5, 0.6) is 0 Å². The van der Waals surface area contributed by atoms with Crippen LogP contribution >= 0.6 is 0 Å². The Bertz CT molecular complexity index is 480. The quantitative estimate of drug-likeness (QED) is 0.342. The van der Waals surface area contributed by atoms with Gasteiger partial charge in [-0.25, -0.2) is 4.79 Å². The molecule has 19 heavy (non-hydrogen) atoms. The van der Waals surface area contributed by atoms with Gasteiger partial charge in [-0.15, -0.1) is 0 Å². The number of benzene rings is 1. The number of nitrogens with one attached hydrogen (secondary N) is 1. The summed E-state index contributed by atoms with van der Waals surface area (Å²) < 4.78 is 0. The van der Waals surface area contributed by atoms with Crippen molar-refractivity contribution in [1.29, 1.82) is 0 Å². The molecule has 0 aromatic heterocycles. The van der Waals surface area contributed by atoms with E-state index >= 15 is 0 Å². The number of nitrogens with zero attached hydrogens (tertiary/aromatic N) is 3. The van der Waals surface area contributed by atoms with Gasteiger partial charge in [0.1, 0.15) is 5.54 Å². The summed E-state index contributed by atoms with van der Waals surface area (Å²) in [5.41, 5.74) is 8.86. The molecule has 1 aromatic carbocycles. The van der Waals surface area contributed by atoms with Crippen LogP contribution in [0.1, 0.15) is 24.5 Å². The van der Waals surface area contributed by atoms with Gasteiger partial charge in [-0.3, -0.25) is 5.32 Å². The lowest BCUT2D eigenvalue weighted by Gasteiger charge is -2.30. The molecule has 102 valence electrons. The molecule has 6 nitrogen and oxygen atoms in total. The molecule has 6 heteroatoms. The number of azide groups is 1. The number of carboxylic acid groups (broad SMARTS) is 1. The fourth-order valence-corrected chi connectivity index (χ4v) is 1.98. The minimum Gasteiger partial charge on any atom is -0.480 e. The molecule has 0 saturated carbocycles. The lowest BCUT2D eigenvalue weighted by atomic mass is 9.86. The summed E-state index contributed by atoms with van der Waals surface area (Å²) in [6, 6.07) is 7.40. The fourth-order valence-electron chi connectivity index (χ4n) is 1.98. The Morgan fingerprint density at radius 2 is 2.11 bits per heavy atom. The molecule has 0 radical (unpaired) electrons. The highest BCUT2D eigenvalue weighted by Gasteiger charge is 2.37. The minimum absolute atomic E-state index is 0.220. The van der Waals surface area contributed by atoms with Gasteiger partial charge in [0.05, 0.1) is 0 Å². The van der Waals surface area contributed by atoms with Crippen LogP contribution in [0.4, 0.5) is 0 Å². The first-order valence-corrected chi connectivity index (χ1v) is 6.13. The molecule has 1 aromatic rings. The second kappa shape index (κ2) is 6.78. The van der Waals surface area contributed by atoms with E-state index in [1.54, 1.807) is 0 Å². The molecule has 0 aliphatic carbocycles. The van der Waals surface area contributed by atoms with E-state index in [1.807, 2.05) is 38.1 Å². The molecule has 0 amide bonds. The second-order valence-electron chi connectivity index (χ2n) is 4.31. The number of hydrogen-bond acceptors (Lipinski definition) is 3. The van der Waals surface area contributed by atoms with E-state index in [1.165, 1.54) is 0 Å². The van der Waals surface area contributed by atoms with Crippen LogP contribution in [-0.2, 0) is 10.3 Å². The molecule has 0 heterocycles. The van der Waals surface area contributed by atoms with Gasteiger partial charge in [-0.1, -0.05) is 41.9 Å². The topological polar surface area (TPSA) is 98.1 Å². The predicted octanol–water partition coefficient (Wildman–Crippen LogP) is 2.58. The second-order valence-corrected chi connectivity index (χ2v) is 4.31. The highest BCUT2D eigenvalue weighted by molar-refractivity contribution is 5.80. The zero-order valence-electron chi connectivity index (χ0n) is 11.1. The Labute approximate surface area is 112 Å². The minimum atomic E-state index is -1.14. The Kier molecular flexibility index (Phi) is 5.36. The fraction of sp³-hybridized carbons (Fsp3) is 0.462. The standard InChI is InChI=1S/C13H18N4O2/c1-3-13(12(18)19,15-8-9-16-17-14)11-6-4-10(2)5-7-11/h4-7,15H,3,8-9H2,1-2H3,(H,18,19). The van der Waals surface area contributed by atoms with E-state index in [0.717, 1.165) is 5.56 Å². The lowest BCUT2D eigenvalue weighted by molar-refractivity contribution is -0.145. The number of carbonyl (C=O) groups is 1. The first-order chi connectivity index (χ1) is 9.06. The van der Waals surface area contributed by atoms with Crippen LogP contribution in [0.15, 0.2) is 29.4 Å². The smallest absolute Gasteiger partial charge is 0.328 e. The summed E-state index contributed by atoms with van der Waals surface area (Å²) in [4.78, 5) is 14.3. The van der Waals surface area contributed by atoms with Crippen molar-refractivity contribution in [3.05, 3.63) is 45.8 Å². The van der Waals surface area contributed by atoms with E-state index in [9.17, 15) is 9.90 Å². The maximum atomic E-state index is 11.6. The van der Waals surface area contributed by atoms with Crippen LogP contribution in [0, 0.1) is 6.92 Å². The third kappa shape index (κ3) is 3.47. The van der Waals surface area contributed by atoms with Crippen molar-refractivity contribution in [3.8, 4) is 0 Å². The maximum Gasteiger partial charge on any atom is 0.328 e. The van der Waals surface area contributed by atoms with Crippen LogP contribution < -0.4 is 5.32 Å². The predicted molar refractivity (Wildman–Crippen MR) is 72.8 cm³/mol. The molecule has 1 unspecified atom stereocenters. The van der Waals surface area contributed by atoms with Crippen molar-refractivity contribution in [1.82, 2.24) is 5.32 Å². The maximum absolute atomic E-state index is 11.6. The van der Waals surface area contributed by atoms with Gasteiger partial charge in [0.25, 0.3) is 0 Å². The van der Waals surface area contributed by atoms with E-state index in [2.05, 4.69) is 15.3 Å². The molecule has 0 aliphatic rings. The Morgan fingerprint density at radius 3 is 2.58 bits per heavy atom. The van der Waals surface area contributed by atoms with Crippen molar-refractivity contribution in [2.75, 3.05) is 13.1 Å². The zero-order valence-corrected chi connectivity index (χ0v) is 11.1. The molecule has 1 rings (SSSR count). The summed E-state index contributed by atoms with van der Waals surface area (Å²) >= 11 is 0. The van der Waals surface area contributed by atoms with Gasteiger partial charge in [0.2, 0.25) is 0 Å². The highest BCUT2D eigenvalue weighted by atomic mass is 16.4. The number of rotatable bonds is 7. The molecule has 0 fully saturated rings. The van der Waals surface area contributed by atoms with Crippen molar-refractivity contribution >= 4 is 5.97 Å². The zero-order chi connectivity index (χ0) is 14.3. The third-order valence-corrected chi connectivity index (χ3v) is 3.14. The average Bonchev–Trinajstić information content (AvgIpc) is 2.40. The van der Waals surface area contributed by atoms with Crippen molar-refractivity contribution in [2.45, 2.75) is 25.8 Å². The summed E-state index contributed by atoms with van der Waals surface area (Å²) in [6.45, 7) is 4.30. The van der Waals surface area contributed by atoms with Crippen molar-refractivity contribution < 1.29 is 9.90 Å². The number of carboxylic acids is 1. The molecule has 0 spiro atoms. The molecule has 0 aliphatic heterocycles. The highest BCUT2D eigenvalue weighted by Crippen LogP contribution is 2.25. The van der Waals surface area contributed by atoms with Gasteiger partial charge in [0.15, 0.2) is 0 Å². The Balaban J connectivity index is 3.01. The summed E-state index contributed by atoms with van der Waals surface area (Å²) in [6.07, 6.45) is 0.404. The number of hydrogen-bond donors (Lipinski definition) is 2. The van der Waals surface area contributed by atoms with Gasteiger partial charge >= 0.3 is 5.97 Å². The number of aryl methyl sites for hydroxylation is 1. The van der Waals surface area contributed by atoms with Gasteiger partial charge in [-0.2, -0.15) is 0 Å². The van der Waals surface area contributed by atoms with Crippen LogP contribution in [0.25, 0.3) is 10.4 Å². The van der Waals surface area contributed by atoms with E-state index in [0.29, 0.717) is 18.5 Å². The Hall–Kier alpha value is -2.04. The van der Waals surface area contributed by atoms with Crippen LogP contribution in [-0.4, -0.2) is 24.2 Å². The van der Waals surface area contributed by atoms with Gasteiger partial charge < -0.3 is 5.11 Å². The molecular weight excluding hydrogens is 244 g/mol. The largest absolute Gasteiger partial charge is 0.480 e. The summed E-state index contributed by atoms with van der Waals surface area (Å²) in [5, 5.41) is 15.9. The van der Waals surface area contributed by atoms with Crippen LogP contribution in [0.2, 0.25) is 0 Å². The Morgan fingerprint density at radius 1 is 1.47 bits per heavy atom. The van der Waals surface area contributed by atoms with Crippen LogP contribution in [0.3, 0.4) is 0 Å². The van der Waals surface area contributed by atoms with Crippen molar-refractivity contribution in [3.63, 3.8) is 0 Å². The summed E-state index contributed by atoms with van der Waals surface area (Å²) in [7, 11) is 0. The van der Waals surface area contributed by atoms with Gasteiger partial charge in [-0.05, 0) is 24.4 Å².